The first-order valence-electron chi connectivity index (χ1n) is 4.49. The molecule has 0 fully saturated rings. The molecular formula is C10H9F2NO4. The first-order chi connectivity index (χ1) is 7.81. The summed E-state index contributed by atoms with van der Waals surface area (Å²) >= 11 is 0. The number of aliphatic carboxylic acids is 1. The first-order valence-corrected chi connectivity index (χ1v) is 4.49. The number of hydrogen-bond donors (Lipinski definition) is 2. The predicted molar refractivity (Wildman–Crippen MR) is 54.0 cm³/mol. The Kier molecular flexibility index (Phi) is 3.62. The summed E-state index contributed by atoms with van der Waals surface area (Å²) in [5, 5.41) is 10.6. The normalized spacial score (nSPS) is 10.8. The smallest absolute Gasteiger partial charge is 0.474 e. The van der Waals surface area contributed by atoms with Gasteiger partial charge in [-0.1, -0.05) is 0 Å². The molecule has 0 saturated heterocycles. The Morgan fingerprint density at radius 3 is 2.24 bits per heavy atom. The van der Waals surface area contributed by atoms with E-state index in [0.29, 0.717) is 5.69 Å². The molecule has 0 spiro atoms. The number of carbonyl (C=O) groups excluding carboxylic acids is 1. The summed E-state index contributed by atoms with van der Waals surface area (Å²) in [6, 6.07) is 4.88. The number of hydrogen-bond acceptors (Lipinski definition) is 3. The van der Waals surface area contributed by atoms with E-state index in [1.807, 2.05) is 0 Å². The number of anilines is 1. The molecule has 92 valence electrons. The highest BCUT2D eigenvalue weighted by Gasteiger charge is 2.42. The molecule has 0 atom stereocenters. The Balaban J connectivity index is 2.75. The number of nitrogens with one attached hydrogen (secondary N) is 1. The molecule has 0 bridgehead atoms. The largest absolute Gasteiger partial charge is 0.501 e. The number of ether oxygens (including phenoxy) is 1. The van der Waals surface area contributed by atoms with E-state index in [1.54, 1.807) is 0 Å². The molecule has 17 heavy (non-hydrogen) atoms. The summed E-state index contributed by atoms with van der Waals surface area (Å²) in [6.07, 6.45) is -4.28. The molecule has 2 N–H and O–H groups in total. The summed E-state index contributed by atoms with van der Waals surface area (Å²) in [7, 11) is 0. The molecule has 1 rings (SSSR count). The third kappa shape index (κ3) is 3.71. The Bertz CT molecular complexity index is 430. The van der Waals surface area contributed by atoms with Gasteiger partial charge in [0.2, 0.25) is 5.91 Å². The number of carboxylic acid groups (broad SMARTS) is 1. The summed E-state index contributed by atoms with van der Waals surface area (Å²) < 4.78 is 29.3. The second-order valence-corrected chi connectivity index (χ2v) is 3.13. The van der Waals surface area contributed by atoms with Gasteiger partial charge in [0, 0.05) is 12.6 Å². The molecule has 0 aliphatic heterocycles. The number of halogens is 2. The number of carbonyl (C=O) groups is 2. The van der Waals surface area contributed by atoms with Crippen molar-refractivity contribution >= 4 is 17.6 Å². The monoisotopic (exact) mass is 245 g/mol. The molecule has 1 aromatic carbocycles. The first kappa shape index (κ1) is 12.9. The van der Waals surface area contributed by atoms with Crippen molar-refractivity contribution in [3.63, 3.8) is 0 Å². The SMILES string of the molecule is CC(=O)Nc1ccc(OC(F)(F)C(=O)O)cc1. The molecule has 0 aliphatic carbocycles. The summed E-state index contributed by atoms with van der Waals surface area (Å²) in [5.74, 6) is -3.00. The third-order valence-electron chi connectivity index (χ3n) is 1.67. The molecular weight excluding hydrogens is 236 g/mol. The zero-order valence-corrected chi connectivity index (χ0v) is 8.74. The fraction of sp³-hybridized carbons (Fsp3) is 0.200. The number of benzene rings is 1. The van der Waals surface area contributed by atoms with Crippen molar-refractivity contribution in [1.29, 1.82) is 0 Å². The lowest BCUT2D eigenvalue weighted by Crippen LogP contribution is -2.34. The zero-order valence-electron chi connectivity index (χ0n) is 8.74. The minimum atomic E-state index is -4.28. The van der Waals surface area contributed by atoms with Crippen LogP contribution in [-0.4, -0.2) is 23.1 Å². The standard InChI is InChI=1S/C10H9F2NO4/c1-6(14)13-7-2-4-8(5-3-7)17-10(11,12)9(15)16/h2-5H,1H3,(H,13,14)(H,15,16). The van der Waals surface area contributed by atoms with E-state index < -0.39 is 12.1 Å². The Morgan fingerprint density at radius 2 is 1.82 bits per heavy atom. The highest BCUT2D eigenvalue weighted by Crippen LogP contribution is 2.23. The minimum Gasteiger partial charge on any atom is -0.474 e. The lowest BCUT2D eigenvalue weighted by atomic mass is 10.3. The van der Waals surface area contributed by atoms with Gasteiger partial charge in [-0.15, -0.1) is 0 Å². The fourth-order valence-electron chi connectivity index (χ4n) is 1.00. The molecule has 0 heterocycles. The zero-order chi connectivity index (χ0) is 13.1. The lowest BCUT2D eigenvalue weighted by Gasteiger charge is -2.13. The number of amides is 1. The molecule has 0 radical (unpaired) electrons. The van der Waals surface area contributed by atoms with Crippen LogP contribution < -0.4 is 10.1 Å². The van der Waals surface area contributed by atoms with Gasteiger partial charge in [-0.05, 0) is 24.3 Å². The summed E-state index contributed by atoms with van der Waals surface area (Å²) in [5.41, 5.74) is 0.392. The molecule has 5 nitrogen and oxygen atoms in total. The molecule has 0 aromatic heterocycles. The van der Waals surface area contributed by atoms with Crippen LogP contribution in [0.15, 0.2) is 24.3 Å². The predicted octanol–water partition coefficient (Wildman–Crippen LogP) is 1.70. The average molecular weight is 245 g/mol. The highest BCUT2D eigenvalue weighted by molar-refractivity contribution is 5.88. The van der Waals surface area contributed by atoms with Crippen LogP contribution in [0.25, 0.3) is 0 Å². The van der Waals surface area contributed by atoms with Crippen molar-refractivity contribution < 1.29 is 28.2 Å². The van der Waals surface area contributed by atoms with Crippen molar-refractivity contribution in [2.24, 2.45) is 0 Å². The van der Waals surface area contributed by atoms with Gasteiger partial charge in [0.25, 0.3) is 0 Å². The maximum Gasteiger partial charge on any atom is 0.501 e. The minimum absolute atomic E-state index is 0.311. The molecule has 0 unspecified atom stereocenters. The van der Waals surface area contributed by atoms with E-state index >= 15 is 0 Å². The van der Waals surface area contributed by atoms with Gasteiger partial charge in [-0.3, -0.25) is 4.79 Å². The van der Waals surface area contributed by atoms with Gasteiger partial charge in [0.1, 0.15) is 5.75 Å². The lowest BCUT2D eigenvalue weighted by molar-refractivity contribution is -0.210. The van der Waals surface area contributed by atoms with Gasteiger partial charge in [0.05, 0.1) is 0 Å². The topological polar surface area (TPSA) is 75.6 Å². The van der Waals surface area contributed by atoms with Crippen LogP contribution in [0, 0.1) is 0 Å². The van der Waals surface area contributed by atoms with Crippen LogP contribution in [0.4, 0.5) is 14.5 Å². The van der Waals surface area contributed by atoms with Crippen molar-refractivity contribution in [3.8, 4) is 5.75 Å². The van der Waals surface area contributed by atoms with Crippen molar-refractivity contribution in [3.05, 3.63) is 24.3 Å². The Labute approximate surface area is 95.0 Å². The van der Waals surface area contributed by atoms with Crippen LogP contribution in [0.3, 0.4) is 0 Å². The number of rotatable bonds is 4. The van der Waals surface area contributed by atoms with E-state index in [4.69, 9.17) is 5.11 Å². The van der Waals surface area contributed by atoms with Gasteiger partial charge >= 0.3 is 12.1 Å². The van der Waals surface area contributed by atoms with E-state index in [0.717, 1.165) is 12.1 Å². The molecule has 1 amide bonds. The third-order valence-corrected chi connectivity index (χ3v) is 1.67. The van der Waals surface area contributed by atoms with E-state index in [-0.39, 0.29) is 11.7 Å². The quantitative estimate of drug-likeness (QED) is 0.846. The fourth-order valence-corrected chi connectivity index (χ4v) is 1.00. The van der Waals surface area contributed by atoms with E-state index in [1.165, 1.54) is 19.1 Å². The van der Waals surface area contributed by atoms with Crippen LogP contribution in [-0.2, 0) is 9.59 Å². The van der Waals surface area contributed by atoms with Crippen LogP contribution in [0.5, 0.6) is 5.75 Å². The Hall–Kier alpha value is -2.18. The van der Waals surface area contributed by atoms with Crippen molar-refractivity contribution in [1.82, 2.24) is 0 Å². The second kappa shape index (κ2) is 4.77. The molecule has 1 aromatic rings. The van der Waals surface area contributed by atoms with Crippen LogP contribution in [0.1, 0.15) is 6.92 Å². The average Bonchev–Trinajstić information content (AvgIpc) is 2.19. The van der Waals surface area contributed by atoms with E-state index in [2.05, 4.69) is 10.1 Å². The van der Waals surface area contributed by atoms with Gasteiger partial charge < -0.3 is 15.2 Å². The van der Waals surface area contributed by atoms with Gasteiger partial charge in [0.15, 0.2) is 0 Å². The Morgan fingerprint density at radius 1 is 1.29 bits per heavy atom. The van der Waals surface area contributed by atoms with E-state index in [9.17, 15) is 18.4 Å². The van der Waals surface area contributed by atoms with Crippen LogP contribution >= 0.6 is 0 Å². The van der Waals surface area contributed by atoms with Crippen molar-refractivity contribution in [2.45, 2.75) is 13.0 Å². The number of carboxylic acids is 1. The second-order valence-electron chi connectivity index (χ2n) is 3.13. The van der Waals surface area contributed by atoms with Crippen LogP contribution in [0.2, 0.25) is 0 Å². The van der Waals surface area contributed by atoms with Crippen molar-refractivity contribution in [2.75, 3.05) is 5.32 Å². The van der Waals surface area contributed by atoms with Gasteiger partial charge in [-0.2, -0.15) is 8.78 Å². The molecule has 0 aliphatic rings. The maximum atomic E-state index is 12.7. The number of alkyl halides is 2. The molecule has 7 heteroatoms. The highest BCUT2D eigenvalue weighted by atomic mass is 19.3. The van der Waals surface area contributed by atoms with Gasteiger partial charge in [-0.25, -0.2) is 4.79 Å². The summed E-state index contributed by atoms with van der Waals surface area (Å²) in [6.45, 7) is 1.29. The molecule has 0 saturated carbocycles. The maximum absolute atomic E-state index is 12.7. The summed E-state index contributed by atoms with van der Waals surface area (Å²) in [4.78, 5) is 20.8.